The van der Waals surface area contributed by atoms with Crippen molar-refractivity contribution >= 4 is 17.7 Å². The Labute approximate surface area is 95.3 Å². The zero-order valence-electron chi connectivity index (χ0n) is 10.1. The summed E-state index contributed by atoms with van der Waals surface area (Å²) >= 11 is 0. The molecule has 0 unspecified atom stereocenters. The van der Waals surface area contributed by atoms with Crippen molar-refractivity contribution in [3.05, 3.63) is 0 Å². The van der Waals surface area contributed by atoms with Gasteiger partial charge in [0.05, 0.1) is 0 Å². The van der Waals surface area contributed by atoms with Gasteiger partial charge in [0.25, 0.3) is 0 Å². The summed E-state index contributed by atoms with van der Waals surface area (Å²) in [5.41, 5.74) is 5.50. The van der Waals surface area contributed by atoms with E-state index in [4.69, 9.17) is 5.73 Å². The Bertz CT molecular complexity index is 284. The molecule has 92 valence electrons. The fourth-order valence-electron chi connectivity index (χ4n) is 1.06. The Kier molecular flexibility index (Phi) is 5.88. The molecule has 0 spiro atoms. The van der Waals surface area contributed by atoms with Crippen LogP contribution in [-0.4, -0.2) is 23.8 Å². The van der Waals surface area contributed by atoms with Crippen LogP contribution in [-0.2, 0) is 19.1 Å². The third kappa shape index (κ3) is 5.02. The van der Waals surface area contributed by atoms with E-state index in [0.29, 0.717) is 6.42 Å². The second-order valence-corrected chi connectivity index (χ2v) is 4.46. The van der Waals surface area contributed by atoms with E-state index in [1.54, 1.807) is 13.8 Å². The van der Waals surface area contributed by atoms with Gasteiger partial charge in [0.2, 0.25) is 5.78 Å². The number of ketones is 1. The van der Waals surface area contributed by atoms with E-state index in [-0.39, 0.29) is 5.92 Å². The number of esters is 2. The van der Waals surface area contributed by atoms with Crippen LogP contribution in [0.1, 0.15) is 34.1 Å². The third-order valence-corrected chi connectivity index (χ3v) is 1.95. The molecule has 0 aromatic heterocycles. The maximum atomic E-state index is 11.3. The summed E-state index contributed by atoms with van der Waals surface area (Å²) in [4.78, 5) is 33.6. The molecule has 0 amide bonds. The van der Waals surface area contributed by atoms with Crippen LogP contribution in [0, 0.1) is 11.8 Å². The highest BCUT2D eigenvalue weighted by molar-refractivity contribution is 6.35. The minimum Gasteiger partial charge on any atom is -0.386 e. The van der Waals surface area contributed by atoms with Crippen molar-refractivity contribution in [1.82, 2.24) is 0 Å². The van der Waals surface area contributed by atoms with E-state index >= 15 is 0 Å². The number of nitrogens with two attached hydrogens (primary N) is 1. The van der Waals surface area contributed by atoms with E-state index in [9.17, 15) is 14.4 Å². The van der Waals surface area contributed by atoms with E-state index in [1.807, 2.05) is 13.8 Å². The quantitative estimate of drug-likeness (QED) is 0.425. The minimum atomic E-state index is -1.13. The smallest absolute Gasteiger partial charge is 0.382 e. The number of rotatable bonds is 5. The van der Waals surface area contributed by atoms with Gasteiger partial charge in [-0.15, -0.1) is 0 Å². The van der Waals surface area contributed by atoms with Crippen molar-refractivity contribution < 1.29 is 19.1 Å². The van der Waals surface area contributed by atoms with Crippen LogP contribution in [0.4, 0.5) is 0 Å². The molecular weight excluding hydrogens is 210 g/mol. The SMILES string of the molecule is CC(C)C[C@H](N)C(=O)OC(=O)C(=O)C(C)C. The van der Waals surface area contributed by atoms with Gasteiger partial charge < -0.3 is 10.5 Å². The molecule has 0 saturated heterocycles. The van der Waals surface area contributed by atoms with Crippen LogP contribution in [0.2, 0.25) is 0 Å². The maximum Gasteiger partial charge on any atom is 0.382 e. The van der Waals surface area contributed by atoms with Gasteiger partial charge in [0.15, 0.2) is 0 Å². The van der Waals surface area contributed by atoms with Gasteiger partial charge in [0.1, 0.15) is 6.04 Å². The number of hydrogen-bond donors (Lipinski definition) is 1. The fraction of sp³-hybridized carbons (Fsp3) is 0.727. The first kappa shape index (κ1) is 14.8. The Morgan fingerprint density at radius 3 is 2.00 bits per heavy atom. The lowest BCUT2D eigenvalue weighted by Crippen LogP contribution is -2.37. The zero-order chi connectivity index (χ0) is 12.9. The molecule has 0 fully saturated rings. The Hall–Kier alpha value is -1.23. The molecule has 0 heterocycles. The van der Waals surface area contributed by atoms with Gasteiger partial charge in [-0.1, -0.05) is 27.7 Å². The summed E-state index contributed by atoms with van der Waals surface area (Å²) in [6, 6.07) is -0.857. The first-order valence-corrected chi connectivity index (χ1v) is 5.31. The number of carbonyl (C=O) groups excluding carboxylic acids is 3. The van der Waals surface area contributed by atoms with Crippen LogP contribution in [0.3, 0.4) is 0 Å². The normalized spacial score (nSPS) is 12.7. The second-order valence-electron chi connectivity index (χ2n) is 4.46. The topological polar surface area (TPSA) is 86.5 Å². The molecule has 0 aromatic carbocycles. The average molecular weight is 229 g/mol. The van der Waals surface area contributed by atoms with E-state index in [0.717, 1.165) is 0 Å². The zero-order valence-corrected chi connectivity index (χ0v) is 10.1. The highest BCUT2D eigenvalue weighted by atomic mass is 16.6. The van der Waals surface area contributed by atoms with Crippen LogP contribution in [0.5, 0.6) is 0 Å². The Morgan fingerprint density at radius 1 is 1.12 bits per heavy atom. The summed E-state index contributed by atoms with van der Waals surface area (Å²) in [6.07, 6.45) is 0.419. The Balaban J connectivity index is 4.24. The molecule has 0 aliphatic rings. The van der Waals surface area contributed by atoms with E-state index in [1.165, 1.54) is 0 Å². The van der Waals surface area contributed by atoms with Crippen molar-refractivity contribution in [2.45, 2.75) is 40.2 Å². The molecule has 2 N–H and O–H groups in total. The predicted octanol–water partition coefficient (Wildman–Crippen LogP) is 0.655. The van der Waals surface area contributed by atoms with Crippen LogP contribution >= 0.6 is 0 Å². The molecule has 0 aromatic rings. The van der Waals surface area contributed by atoms with Gasteiger partial charge in [-0.05, 0) is 12.3 Å². The van der Waals surface area contributed by atoms with E-state index < -0.39 is 29.7 Å². The molecule has 1 atom stereocenters. The summed E-state index contributed by atoms with van der Waals surface area (Å²) in [5, 5.41) is 0. The summed E-state index contributed by atoms with van der Waals surface area (Å²) < 4.78 is 4.38. The molecule has 16 heavy (non-hydrogen) atoms. The molecule has 0 aliphatic carbocycles. The number of Topliss-reactive ketones (excluding diaryl/α,β-unsaturated/α-hetero) is 1. The molecule has 0 aliphatic heterocycles. The largest absolute Gasteiger partial charge is 0.386 e. The highest BCUT2D eigenvalue weighted by Crippen LogP contribution is 2.05. The average Bonchev–Trinajstić information content (AvgIpc) is 2.14. The summed E-state index contributed by atoms with van der Waals surface area (Å²) in [5.74, 6) is -2.95. The minimum absolute atomic E-state index is 0.221. The van der Waals surface area contributed by atoms with Gasteiger partial charge in [-0.2, -0.15) is 0 Å². The van der Waals surface area contributed by atoms with Crippen molar-refractivity contribution in [2.24, 2.45) is 17.6 Å². The van der Waals surface area contributed by atoms with Crippen molar-refractivity contribution in [2.75, 3.05) is 0 Å². The lowest BCUT2D eigenvalue weighted by Gasteiger charge is -2.12. The highest BCUT2D eigenvalue weighted by Gasteiger charge is 2.25. The van der Waals surface area contributed by atoms with Gasteiger partial charge in [-0.3, -0.25) is 4.79 Å². The van der Waals surface area contributed by atoms with Crippen LogP contribution in [0.25, 0.3) is 0 Å². The molecule has 0 radical (unpaired) electrons. The first-order valence-electron chi connectivity index (χ1n) is 5.31. The van der Waals surface area contributed by atoms with Gasteiger partial charge in [-0.25, -0.2) is 9.59 Å². The van der Waals surface area contributed by atoms with Crippen molar-refractivity contribution in [3.63, 3.8) is 0 Å². The standard InChI is InChI=1S/C11H19NO4/c1-6(2)5-8(12)10(14)16-11(15)9(13)7(3)4/h6-8H,5,12H2,1-4H3/t8-/m0/s1. The second kappa shape index (κ2) is 6.37. The molecule has 5 heteroatoms. The lowest BCUT2D eigenvalue weighted by atomic mass is 10.0. The summed E-state index contributed by atoms with van der Waals surface area (Å²) in [7, 11) is 0. The first-order chi connectivity index (χ1) is 7.25. The fourth-order valence-corrected chi connectivity index (χ4v) is 1.06. The molecule has 0 saturated carbocycles. The van der Waals surface area contributed by atoms with Gasteiger partial charge in [0, 0.05) is 5.92 Å². The third-order valence-electron chi connectivity index (χ3n) is 1.95. The molecular formula is C11H19NO4. The van der Waals surface area contributed by atoms with Crippen LogP contribution in [0.15, 0.2) is 0 Å². The van der Waals surface area contributed by atoms with Gasteiger partial charge >= 0.3 is 11.9 Å². The van der Waals surface area contributed by atoms with Crippen LogP contribution < -0.4 is 5.73 Å². The molecule has 0 bridgehead atoms. The monoisotopic (exact) mass is 229 g/mol. The molecule has 5 nitrogen and oxygen atoms in total. The van der Waals surface area contributed by atoms with Crippen molar-refractivity contribution in [3.8, 4) is 0 Å². The number of carbonyl (C=O) groups is 3. The summed E-state index contributed by atoms with van der Waals surface area (Å²) in [6.45, 7) is 6.91. The predicted molar refractivity (Wildman–Crippen MR) is 58.4 cm³/mol. The maximum absolute atomic E-state index is 11.3. The number of hydrogen-bond acceptors (Lipinski definition) is 5. The van der Waals surface area contributed by atoms with E-state index in [2.05, 4.69) is 4.74 Å². The van der Waals surface area contributed by atoms with Crippen molar-refractivity contribution in [1.29, 1.82) is 0 Å². The Morgan fingerprint density at radius 2 is 1.62 bits per heavy atom. The lowest BCUT2D eigenvalue weighted by molar-refractivity contribution is -0.166. The molecule has 0 rings (SSSR count). The number of ether oxygens (including phenoxy) is 1.